The lowest BCUT2D eigenvalue weighted by Crippen LogP contribution is -2.46. The lowest BCUT2D eigenvalue weighted by atomic mass is 9.96. The maximum atomic E-state index is 14.3. The van der Waals surface area contributed by atoms with Gasteiger partial charge in [-0.2, -0.15) is 0 Å². The molecule has 0 fully saturated rings. The van der Waals surface area contributed by atoms with Crippen molar-refractivity contribution in [3.05, 3.63) is 66.1 Å². The fraction of sp³-hybridized carbons (Fsp3) is 0. The fourth-order valence-corrected chi connectivity index (χ4v) is 2.69. The first kappa shape index (κ1) is 13.8. The summed E-state index contributed by atoms with van der Waals surface area (Å²) < 4.78 is 47.2. The van der Waals surface area contributed by atoms with Crippen LogP contribution in [0.2, 0.25) is 0 Å². The Bertz CT molecular complexity index is 942. The van der Waals surface area contributed by atoms with Crippen LogP contribution in [0.15, 0.2) is 54.7 Å². The number of nitrogens with zero attached hydrogens (tertiary/aromatic N) is 2. The molecule has 0 amide bonds. The van der Waals surface area contributed by atoms with Gasteiger partial charge >= 0.3 is 7.04 Å². The molecule has 0 atom stereocenters. The fourth-order valence-electron chi connectivity index (χ4n) is 2.69. The van der Waals surface area contributed by atoms with E-state index in [1.54, 1.807) is 6.07 Å². The Morgan fingerprint density at radius 2 is 1.83 bits per heavy atom. The molecule has 0 spiro atoms. The number of halogens is 3. The van der Waals surface area contributed by atoms with Gasteiger partial charge in [-0.25, -0.2) is 4.39 Å². The largest absolute Gasteiger partial charge is 0.734 e. The van der Waals surface area contributed by atoms with E-state index in [0.717, 1.165) is 23.0 Å². The first-order valence-electron chi connectivity index (χ1n) is 7.01. The van der Waals surface area contributed by atoms with Crippen molar-refractivity contribution >= 4 is 29.8 Å². The van der Waals surface area contributed by atoms with Gasteiger partial charge in [-0.1, -0.05) is 35.3 Å². The first-order chi connectivity index (χ1) is 11.0. The van der Waals surface area contributed by atoms with E-state index in [2.05, 4.69) is 4.98 Å². The van der Waals surface area contributed by atoms with Gasteiger partial charge in [0.2, 0.25) is 0 Å². The predicted octanol–water partition coefficient (Wildman–Crippen LogP) is 3.90. The molecule has 0 N–H and O–H groups in total. The third-order valence-electron chi connectivity index (χ3n) is 3.77. The van der Waals surface area contributed by atoms with Gasteiger partial charge in [-0.3, -0.25) is 0 Å². The monoisotopic (exact) mass is 314 g/mol. The summed E-state index contributed by atoms with van der Waals surface area (Å²) in [6.07, 6.45) is 2.20. The second-order valence-corrected chi connectivity index (χ2v) is 5.25. The minimum Gasteiger partial charge on any atom is -0.623 e. The minimum absolute atomic E-state index is 0.0741. The van der Waals surface area contributed by atoms with Crippen molar-refractivity contribution < 1.29 is 22.2 Å². The second-order valence-electron chi connectivity index (χ2n) is 5.25. The van der Waals surface area contributed by atoms with E-state index < -0.39 is 12.9 Å². The summed E-state index contributed by atoms with van der Waals surface area (Å²) in [6.45, 7) is 0. The number of rotatable bonds is 1. The molecule has 1 aliphatic heterocycles. The van der Waals surface area contributed by atoms with Gasteiger partial charge in [-0.15, -0.1) is 0 Å². The van der Waals surface area contributed by atoms with Gasteiger partial charge in [0.15, 0.2) is 12.0 Å². The van der Waals surface area contributed by atoms with Crippen molar-refractivity contribution in [3.8, 4) is 5.75 Å². The highest BCUT2D eigenvalue weighted by atomic mass is 19.3. The number of pyridine rings is 1. The highest BCUT2D eigenvalue weighted by Gasteiger charge is 2.45. The topological polar surface area (TPSA) is 25.1 Å². The van der Waals surface area contributed by atoms with Crippen molar-refractivity contribution in [3.63, 3.8) is 0 Å². The van der Waals surface area contributed by atoms with Gasteiger partial charge in [0.1, 0.15) is 0 Å². The van der Waals surface area contributed by atoms with E-state index >= 15 is 0 Å². The van der Waals surface area contributed by atoms with E-state index in [1.165, 1.54) is 18.3 Å². The van der Waals surface area contributed by atoms with Crippen LogP contribution in [0.5, 0.6) is 5.75 Å². The Kier molecular flexibility index (Phi) is 2.91. The van der Waals surface area contributed by atoms with Gasteiger partial charge in [0.05, 0.1) is 17.5 Å². The average Bonchev–Trinajstić information content (AvgIpc) is 2.54. The number of hydrogen-bond acceptors (Lipinski definition) is 2. The Labute approximate surface area is 129 Å². The molecule has 1 aliphatic rings. The van der Waals surface area contributed by atoms with Crippen molar-refractivity contribution in [2.75, 3.05) is 0 Å². The smallest absolute Gasteiger partial charge is 0.623 e. The predicted molar refractivity (Wildman–Crippen MR) is 81.8 cm³/mol. The lowest BCUT2D eigenvalue weighted by Gasteiger charge is -2.31. The van der Waals surface area contributed by atoms with Crippen molar-refractivity contribution in [2.24, 2.45) is 0 Å². The third kappa shape index (κ3) is 2.25. The Morgan fingerprint density at radius 3 is 2.61 bits per heavy atom. The van der Waals surface area contributed by atoms with Crippen LogP contribution in [0.1, 0.15) is 5.56 Å². The molecule has 7 heteroatoms. The Hall–Kier alpha value is -2.83. The number of aromatic nitrogens is 1. The molecule has 2 heterocycles. The molecule has 0 aliphatic carbocycles. The van der Waals surface area contributed by atoms with Crippen LogP contribution < -0.4 is 4.65 Å². The van der Waals surface area contributed by atoms with Crippen LogP contribution in [-0.2, 0) is 0 Å². The van der Waals surface area contributed by atoms with Gasteiger partial charge in [-0.05, 0) is 22.9 Å². The van der Waals surface area contributed by atoms with Gasteiger partial charge < -0.3 is 17.8 Å². The molecule has 114 valence electrons. The molecule has 0 bridgehead atoms. The Morgan fingerprint density at radius 1 is 1.00 bits per heavy atom. The Balaban J connectivity index is 1.97. The summed E-state index contributed by atoms with van der Waals surface area (Å²) in [6, 6.07) is 13.0. The molecule has 0 radical (unpaired) electrons. The summed E-state index contributed by atoms with van der Waals surface area (Å²) in [4.78, 5) is 3.73. The molecule has 2 aromatic carbocycles. The van der Waals surface area contributed by atoms with E-state index in [0.29, 0.717) is 10.0 Å². The standard InChI is InChI=1S/C16H10BF3N2O/c18-12-6-8-16(21-9-12)22-10-14-13-4-2-1-3-11(13)5-7-15(14)23-17(22,19)20/h1-10H. The maximum Gasteiger partial charge on any atom is 0.734 e. The van der Waals surface area contributed by atoms with Crippen LogP contribution in [0.4, 0.5) is 18.8 Å². The molecule has 3 nitrogen and oxygen atoms in total. The highest BCUT2D eigenvalue weighted by molar-refractivity contribution is 6.53. The highest BCUT2D eigenvalue weighted by Crippen LogP contribution is 2.34. The van der Waals surface area contributed by atoms with Crippen LogP contribution in [0.25, 0.3) is 10.8 Å². The molecule has 23 heavy (non-hydrogen) atoms. The van der Waals surface area contributed by atoms with E-state index in [-0.39, 0.29) is 11.6 Å². The molecule has 0 saturated heterocycles. The van der Waals surface area contributed by atoms with Crippen LogP contribution in [0, 0.1) is 5.82 Å². The van der Waals surface area contributed by atoms with E-state index in [1.807, 2.05) is 24.3 Å². The molecular weight excluding hydrogens is 304 g/mol. The van der Waals surface area contributed by atoms with E-state index in [9.17, 15) is 13.0 Å². The summed E-state index contributed by atoms with van der Waals surface area (Å²) in [5, 5.41) is 1.71. The van der Waals surface area contributed by atoms with Gasteiger partial charge in [0, 0.05) is 6.07 Å². The molecule has 0 saturated carbocycles. The zero-order chi connectivity index (χ0) is 16.0. The zero-order valence-electron chi connectivity index (χ0n) is 11.8. The van der Waals surface area contributed by atoms with Crippen molar-refractivity contribution in [2.45, 2.75) is 0 Å². The number of fused-ring (bicyclic) bond motifs is 3. The number of benzene rings is 2. The van der Waals surface area contributed by atoms with Crippen LogP contribution >= 0.6 is 0 Å². The molecular formula is C16H10BF3N2O. The molecule has 1 aromatic heterocycles. The zero-order valence-corrected chi connectivity index (χ0v) is 11.8. The first-order valence-corrected chi connectivity index (χ1v) is 7.01. The summed E-state index contributed by atoms with van der Waals surface area (Å²) in [5.41, 5.74) is 0.544. The normalized spacial score (nSPS) is 15.7. The molecule has 4 rings (SSSR count). The van der Waals surface area contributed by atoms with Crippen molar-refractivity contribution in [1.82, 2.24) is 4.98 Å². The lowest BCUT2D eigenvalue weighted by molar-refractivity contribution is -0.348. The van der Waals surface area contributed by atoms with Gasteiger partial charge in [0.25, 0.3) is 5.82 Å². The van der Waals surface area contributed by atoms with Crippen molar-refractivity contribution in [1.29, 1.82) is 0 Å². The summed E-state index contributed by atoms with van der Waals surface area (Å²) in [7, 11) is -4.34. The maximum absolute atomic E-state index is 14.3. The quantitative estimate of drug-likeness (QED) is 0.636. The minimum atomic E-state index is -4.34. The summed E-state index contributed by atoms with van der Waals surface area (Å²) in [5.74, 6) is -0.546. The van der Waals surface area contributed by atoms with Crippen LogP contribution in [0.3, 0.4) is 0 Å². The van der Waals surface area contributed by atoms with E-state index in [4.69, 9.17) is 4.65 Å². The molecule has 0 unspecified atom stereocenters. The SMILES string of the molecule is Fc1ccc([N+]2=Cc3c(ccc4ccccc34)O[B-]2(F)F)nc1. The van der Waals surface area contributed by atoms with Crippen LogP contribution in [-0.4, -0.2) is 22.7 Å². The third-order valence-corrected chi connectivity index (χ3v) is 3.77. The summed E-state index contributed by atoms with van der Waals surface area (Å²) >= 11 is 0. The molecule has 3 aromatic rings. The second kappa shape index (κ2) is 4.84. The average molecular weight is 314 g/mol. The number of hydrogen-bond donors (Lipinski definition) is 0.